The van der Waals surface area contributed by atoms with Gasteiger partial charge in [0.25, 0.3) is 0 Å². The van der Waals surface area contributed by atoms with Crippen LogP contribution in [0, 0.1) is 13.8 Å². The monoisotopic (exact) mass is 548 g/mol. The number of aryl methyl sites for hydroxylation is 4. The van der Waals surface area contributed by atoms with Crippen LogP contribution >= 0.6 is 0 Å². The molecular weight excluding hydrogens is 497 g/mol. The molecule has 0 fully saturated rings. The predicted octanol–water partition coefficient (Wildman–Crippen LogP) is 8.70. The summed E-state index contributed by atoms with van der Waals surface area (Å²) < 4.78 is 0. The summed E-state index contributed by atoms with van der Waals surface area (Å²) in [6, 6.07) is 22.7. The third-order valence-corrected chi connectivity index (χ3v) is 13.7. The number of hydrogen-bond donors (Lipinski definition) is 0. The van der Waals surface area contributed by atoms with E-state index in [1.807, 2.05) is 0 Å². The van der Waals surface area contributed by atoms with Crippen LogP contribution in [0.5, 0.6) is 0 Å². The maximum atomic E-state index is 2.61. The fourth-order valence-corrected chi connectivity index (χ4v) is 12.1. The van der Waals surface area contributed by atoms with Crippen molar-refractivity contribution in [3.63, 3.8) is 0 Å². The van der Waals surface area contributed by atoms with Crippen LogP contribution in [0.3, 0.4) is 0 Å². The third kappa shape index (κ3) is 5.73. The van der Waals surface area contributed by atoms with Crippen molar-refractivity contribution in [3.8, 4) is 0 Å². The lowest BCUT2D eigenvalue weighted by Crippen LogP contribution is -2.69. The van der Waals surface area contributed by atoms with Crippen LogP contribution in [0.4, 0.5) is 0 Å². The number of rotatable bonds is 7. The van der Waals surface area contributed by atoms with Crippen molar-refractivity contribution in [2.24, 2.45) is 0 Å². The smallest absolute Gasteiger partial charge is 0.0801 e. The van der Waals surface area contributed by atoms with Crippen LogP contribution in [-0.4, -0.2) is 8.07 Å². The summed E-state index contributed by atoms with van der Waals surface area (Å²) in [4.78, 5) is 0. The molecular formula is C39H52Si. The van der Waals surface area contributed by atoms with Crippen LogP contribution in [0.1, 0.15) is 109 Å². The van der Waals surface area contributed by atoms with E-state index in [1.165, 1.54) is 43.8 Å². The van der Waals surface area contributed by atoms with Gasteiger partial charge in [0.2, 0.25) is 0 Å². The molecule has 0 aromatic heterocycles. The lowest BCUT2D eigenvalue weighted by Gasteiger charge is -2.39. The van der Waals surface area contributed by atoms with Gasteiger partial charge in [0.15, 0.2) is 8.07 Å². The van der Waals surface area contributed by atoms with E-state index in [0.29, 0.717) is 0 Å². The highest BCUT2D eigenvalue weighted by Gasteiger charge is 2.46. The summed E-state index contributed by atoms with van der Waals surface area (Å²) in [5.41, 5.74) is 10.2. The van der Waals surface area contributed by atoms with Gasteiger partial charge in [-0.05, 0) is 93.4 Å². The SMILES string of the molecule is CCC1=CCC=C1[Si](c1cc(C)cc(C)c1)(c1cc(CC)cc(CC)c1)c1cc(C(C)(C)C)cc(C(C)(C)C)c1. The van der Waals surface area contributed by atoms with E-state index < -0.39 is 8.07 Å². The standard InChI is InChI=1S/C39H52Si/c1-12-29-21-30(13-2)23-35(22-29)40(37-17-15-16-31(37)14-3,34-19-27(4)18-28(5)20-34)36-25-32(38(6,7)8)24-33(26-36)39(9,10)11/h16-26H,12-15H2,1-11H3. The first-order valence-corrected chi connectivity index (χ1v) is 17.5. The van der Waals surface area contributed by atoms with E-state index in [4.69, 9.17) is 0 Å². The third-order valence-electron chi connectivity index (χ3n) is 8.87. The van der Waals surface area contributed by atoms with Crippen molar-refractivity contribution in [2.75, 3.05) is 0 Å². The van der Waals surface area contributed by atoms with Gasteiger partial charge in [-0.15, -0.1) is 0 Å². The summed E-state index contributed by atoms with van der Waals surface area (Å²) in [6.07, 6.45) is 9.32. The first-order chi connectivity index (χ1) is 18.7. The highest BCUT2D eigenvalue weighted by molar-refractivity contribution is 7.16. The molecule has 0 heterocycles. The Morgan fingerprint density at radius 1 is 0.550 bits per heavy atom. The fraction of sp³-hybridized carbons (Fsp3) is 0.436. The van der Waals surface area contributed by atoms with Gasteiger partial charge >= 0.3 is 0 Å². The van der Waals surface area contributed by atoms with Gasteiger partial charge < -0.3 is 0 Å². The Labute approximate surface area is 246 Å². The Kier molecular flexibility index (Phi) is 8.58. The first kappa shape index (κ1) is 30.3. The topological polar surface area (TPSA) is 0 Å². The van der Waals surface area contributed by atoms with Crippen LogP contribution in [0.25, 0.3) is 0 Å². The molecule has 1 aliphatic rings. The summed E-state index contributed by atoms with van der Waals surface area (Å²) in [7, 11) is -2.66. The van der Waals surface area contributed by atoms with Crippen molar-refractivity contribution in [1.82, 2.24) is 0 Å². The Balaban J connectivity index is 2.30. The van der Waals surface area contributed by atoms with Gasteiger partial charge in [-0.1, -0.05) is 146 Å². The molecule has 1 heteroatoms. The van der Waals surface area contributed by atoms with Crippen molar-refractivity contribution in [1.29, 1.82) is 0 Å². The molecule has 1 aliphatic carbocycles. The van der Waals surface area contributed by atoms with E-state index >= 15 is 0 Å². The lowest BCUT2D eigenvalue weighted by atomic mass is 9.81. The summed E-state index contributed by atoms with van der Waals surface area (Å²) in [6.45, 7) is 25.8. The second-order valence-corrected chi connectivity index (χ2v) is 17.9. The quantitative estimate of drug-likeness (QED) is 0.205. The molecule has 0 amide bonds. The Morgan fingerprint density at radius 3 is 1.48 bits per heavy atom. The highest BCUT2D eigenvalue weighted by Crippen LogP contribution is 2.35. The largest absolute Gasteiger partial charge is 0.179 e. The molecule has 1 unspecified atom stereocenters. The predicted molar refractivity (Wildman–Crippen MR) is 181 cm³/mol. The zero-order chi connectivity index (χ0) is 29.5. The highest BCUT2D eigenvalue weighted by atomic mass is 28.3. The molecule has 1 atom stereocenters. The number of benzene rings is 3. The molecule has 4 rings (SSSR count). The molecule has 0 bridgehead atoms. The van der Waals surface area contributed by atoms with Gasteiger partial charge in [0.1, 0.15) is 0 Å². The van der Waals surface area contributed by atoms with Crippen LogP contribution < -0.4 is 15.6 Å². The molecule has 0 saturated heterocycles. The maximum absolute atomic E-state index is 2.66. The summed E-state index contributed by atoms with van der Waals surface area (Å²) in [5, 5.41) is 6.23. The minimum Gasteiger partial charge on any atom is -0.0801 e. The zero-order valence-corrected chi connectivity index (χ0v) is 28.2. The molecule has 0 aliphatic heterocycles. The second kappa shape index (κ2) is 11.3. The van der Waals surface area contributed by atoms with E-state index in [2.05, 4.69) is 143 Å². The molecule has 40 heavy (non-hydrogen) atoms. The van der Waals surface area contributed by atoms with Crippen molar-refractivity contribution >= 4 is 23.6 Å². The number of allylic oxidation sites excluding steroid dienone is 4. The van der Waals surface area contributed by atoms with Gasteiger partial charge in [-0.3, -0.25) is 0 Å². The van der Waals surface area contributed by atoms with E-state index in [9.17, 15) is 0 Å². The molecule has 0 N–H and O–H groups in total. The average Bonchev–Trinajstić information content (AvgIpc) is 3.36. The second-order valence-electron chi connectivity index (χ2n) is 14.1. The normalized spacial score (nSPS) is 15.6. The van der Waals surface area contributed by atoms with Crippen molar-refractivity contribution in [3.05, 3.63) is 111 Å². The molecule has 3 aromatic carbocycles. The van der Waals surface area contributed by atoms with Gasteiger partial charge in [-0.25, -0.2) is 0 Å². The van der Waals surface area contributed by atoms with Gasteiger partial charge in [-0.2, -0.15) is 0 Å². The average molecular weight is 549 g/mol. The molecule has 0 saturated carbocycles. The molecule has 0 nitrogen and oxygen atoms in total. The van der Waals surface area contributed by atoms with Gasteiger partial charge in [0, 0.05) is 0 Å². The van der Waals surface area contributed by atoms with Crippen LogP contribution in [0.2, 0.25) is 0 Å². The lowest BCUT2D eigenvalue weighted by molar-refractivity contribution is 0.569. The Bertz CT molecular complexity index is 1380. The van der Waals surface area contributed by atoms with E-state index in [0.717, 1.165) is 25.7 Å². The molecule has 3 aromatic rings. The van der Waals surface area contributed by atoms with E-state index in [1.54, 1.807) is 16.0 Å². The summed E-state index contributed by atoms with van der Waals surface area (Å²) in [5.74, 6) is 0. The first-order valence-electron chi connectivity index (χ1n) is 15.5. The molecule has 212 valence electrons. The Morgan fingerprint density at radius 2 is 1.02 bits per heavy atom. The van der Waals surface area contributed by atoms with E-state index in [-0.39, 0.29) is 10.8 Å². The zero-order valence-electron chi connectivity index (χ0n) is 27.2. The minimum atomic E-state index is -2.66. The van der Waals surface area contributed by atoms with Crippen LogP contribution in [0.15, 0.2) is 77.5 Å². The fourth-order valence-electron chi connectivity index (χ4n) is 6.54. The minimum absolute atomic E-state index is 0.0615. The maximum Gasteiger partial charge on any atom is 0.179 e. The molecule has 0 spiro atoms. The molecule has 0 radical (unpaired) electrons. The van der Waals surface area contributed by atoms with Crippen LogP contribution in [-0.2, 0) is 23.7 Å². The van der Waals surface area contributed by atoms with Crippen molar-refractivity contribution in [2.45, 2.75) is 113 Å². The number of hydrogen-bond acceptors (Lipinski definition) is 0. The van der Waals surface area contributed by atoms with Gasteiger partial charge in [0.05, 0.1) is 0 Å². The van der Waals surface area contributed by atoms with Crippen molar-refractivity contribution < 1.29 is 0 Å². The Hall–Kier alpha value is -2.64. The summed E-state index contributed by atoms with van der Waals surface area (Å²) >= 11 is 0.